The lowest BCUT2D eigenvalue weighted by Crippen LogP contribution is -2.31. The molecule has 0 radical (unpaired) electrons. The second kappa shape index (κ2) is 35.5. The molecule has 8 aromatic rings. The molecule has 2 amide bonds. The van der Waals surface area contributed by atoms with Gasteiger partial charge in [0.15, 0.2) is 0 Å². The van der Waals surface area contributed by atoms with Gasteiger partial charge < -0.3 is 9.80 Å². The van der Waals surface area contributed by atoms with E-state index in [-0.39, 0.29) is 38.5 Å². The van der Waals surface area contributed by atoms with E-state index in [0.717, 1.165) is 169 Å². The molecule has 0 bridgehead atoms. The lowest BCUT2D eigenvalue weighted by Gasteiger charge is -2.28. The monoisotopic (exact) mass is 1180 g/mol. The number of amides is 2. The Bertz CT molecular complexity index is 3350. The van der Waals surface area contributed by atoms with Crippen LogP contribution in [-0.2, 0) is 61.7 Å². The molecule has 84 heavy (non-hydrogen) atoms. The number of aromatic nitrogens is 12. The smallest absolute Gasteiger partial charge is 0.227 e. The molecule has 4 aromatic carbocycles. The highest BCUT2D eigenvalue weighted by Crippen LogP contribution is 2.43. The van der Waals surface area contributed by atoms with Crippen LogP contribution in [0.1, 0.15) is 216 Å². The maximum absolute atomic E-state index is 12.9. The van der Waals surface area contributed by atoms with Gasteiger partial charge in [-0.05, 0) is 61.8 Å². The van der Waals surface area contributed by atoms with Crippen molar-refractivity contribution < 1.29 is 31.3 Å². The van der Waals surface area contributed by atoms with Crippen LogP contribution in [0.5, 0.6) is 0 Å². The maximum atomic E-state index is 12.9. The first-order chi connectivity index (χ1) is 48.6. The number of nitrogens with zero attached hydrogens (tertiary/aromatic N) is 14. The fraction of sp³-hybridized carbons (Fsp3) is 0.500. The topological polar surface area (TPSA) is 163 Å². The molecule has 0 spiro atoms. The Morgan fingerprint density at radius 1 is 0.476 bits per heavy atom. The zero-order valence-corrected chi connectivity index (χ0v) is 51.0. The summed E-state index contributed by atoms with van der Waals surface area (Å²) in [5.74, 6) is -0.0725. The van der Waals surface area contributed by atoms with Crippen molar-refractivity contribution in [2.75, 3.05) is 9.80 Å². The molecule has 0 fully saturated rings. The van der Waals surface area contributed by atoms with E-state index >= 15 is 0 Å². The molecule has 16 heteroatoms. The summed E-state index contributed by atoms with van der Waals surface area (Å²) >= 11 is 0. The third-order valence-electron chi connectivity index (χ3n) is 14.7. The van der Waals surface area contributed by atoms with Gasteiger partial charge in [-0.1, -0.05) is 239 Å². The predicted molar refractivity (Wildman–Crippen MR) is 353 cm³/mol. The third-order valence-corrected chi connectivity index (χ3v) is 14.7. The first kappa shape index (κ1) is 52.0. The fourth-order valence-corrected chi connectivity index (χ4v) is 9.94. The molecule has 0 unspecified atom stereocenters. The summed E-state index contributed by atoms with van der Waals surface area (Å²) in [6.07, 6.45) is 21.8. The van der Waals surface area contributed by atoms with Crippen molar-refractivity contribution in [3.8, 4) is 45.0 Å². The average molecular weight is 1180 g/mol. The van der Waals surface area contributed by atoms with Gasteiger partial charge >= 0.3 is 0 Å². The summed E-state index contributed by atoms with van der Waals surface area (Å²) in [7, 11) is 0. The molecule has 0 N–H and O–H groups in total. The Kier molecular flexibility index (Phi) is 22.0. The molecular weight excluding hydrogens is 1040 g/mol. The minimum Gasteiger partial charge on any atom is -0.307 e. The molecule has 0 saturated carbocycles. The fourth-order valence-electron chi connectivity index (χ4n) is 9.94. The lowest BCUT2D eigenvalue weighted by atomic mass is 9.95. The van der Waals surface area contributed by atoms with Gasteiger partial charge in [-0.3, -0.25) is 14.3 Å². The van der Waals surface area contributed by atoms with Crippen LogP contribution in [0.15, 0.2) is 109 Å². The molecular formula is C68H106N14O2. The molecule has 0 atom stereocenters. The highest BCUT2D eigenvalue weighted by molar-refractivity contribution is 6.01. The van der Waals surface area contributed by atoms with Crippen molar-refractivity contribution in [3.63, 3.8) is 0 Å². The summed E-state index contributed by atoms with van der Waals surface area (Å²) in [6, 6.07) is 32.1. The van der Waals surface area contributed by atoms with E-state index in [4.69, 9.17) is 21.7 Å². The lowest BCUT2D eigenvalue weighted by molar-refractivity contribution is -0.119. The van der Waals surface area contributed by atoms with Gasteiger partial charge in [0.05, 0.1) is 53.4 Å². The van der Waals surface area contributed by atoms with Crippen LogP contribution in [-0.4, -0.2) is 71.8 Å². The quantitative estimate of drug-likeness (QED) is 0.0633. The number of aryl methyl sites for hydroxylation is 6. The zero-order chi connectivity index (χ0) is 73.6. The minimum atomic E-state index is -0.0407. The van der Waals surface area contributed by atoms with Crippen LogP contribution in [0.4, 0.5) is 11.4 Å². The van der Waals surface area contributed by atoms with Gasteiger partial charge in [0.25, 0.3) is 0 Å². The third kappa shape index (κ3) is 17.7. The van der Waals surface area contributed by atoms with E-state index in [1.54, 1.807) is 11.1 Å². The Morgan fingerprint density at radius 3 is 1.51 bits per heavy atom. The van der Waals surface area contributed by atoms with Crippen LogP contribution < -0.4 is 9.80 Å². The number of para-hydroxylation sites is 2. The number of hydrogen-bond donors (Lipinski definition) is 0. The number of rotatable bonds is 21. The van der Waals surface area contributed by atoms with Gasteiger partial charge in [-0.25, -0.2) is 14.0 Å². The Morgan fingerprint density at radius 2 is 0.964 bits per heavy atom. The van der Waals surface area contributed by atoms with Crippen molar-refractivity contribution in [1.29, 1.82) is 0 Å². The Labute approximate surface area is 523 Å². The number of unbranched alkanes of at least 4 members (excludes halogenated alkanes) is 9. The first-order valence-corrected chi connectivity index (χ1v) is 30.7. The second-order valence-electron chi connectivity index (χ2n) is 20.9. The van der Waals surface area contributed by atoms with Crippen LogP contribution in [0.2, 0.25) is 0 Å². The predicted octanol–water partition coefficient (Wildman–Crippen LogP) is 17.2. The SMILES string of the molecule is [3H]CCC(=O)N1Cc2ccccc2-c2c(nnn2CCCCC)-c2ccccc21.[3H]CCC(=O)N1Cc2ccccc2-c2nnn(CCCCC)c2-c2ccccc21.[3H]CCCC.[3H]CCc1cn(CCCCC)nn1.[3H]CCc1cnnn1CCCCC.[3H][3H].[3H][3H].[3H][3H].[3H][3H].[3H][3H]. The zero-order valence-electron chi connectivity index (χ0n) is 66.0. The standard InChI is InChI=1S/2C23H26N4O.2C9H17N3.C4H10.5H2/c1-3-5-10-15-27-23-18-12-7-6-11-17(18)16-26(21(28)4-2)20-14-9-8-13-19(20)22(23)24-25-27;1-3-5-10-15-27-23-19-13-8-9-14-20(19)26(21(28)4-2)16-17-11-6-7-12-18(17)22(23)24-25-27;1-3-5-6-7-12-8-9(4-2)10-11-12;1-3-5-6-7-12-9(4-2)8-10-11-12;1-3-4-2;;;;;/h2*6-9,11-14H,3-5,10,15-16H2,1-2H3;2*8H,3-7H2,1-2H3;3-4H2,1-2H3;5*1H/i4*2T;1T;5*1+2T. The van der Waals surface area contributed by atoms with Crippen molar-refractivity contribution in [2.45, 2.75) is 224 Å². The number of benzene rings is 4. The average Bonchev–Trinajstić information content (AvgIpc) is 1.74. The van der Waals surface area contributed by atoms with E-state index in [1.807, 2.05) is 109 Å². The Hall–Kier alpha value is -7.62. The van der Waals surface area contributed by atoms with Gasteiger partial charge in [-0.2, -0.15) is 0 Å². The number of fused-ring (bicyclic) bond motifs is 10. The van der Waals surface area contributed by atoms with E-state index in [1.165, 1.54) is 32.1 Å². The molecule has 2 aliphatic heterocycles. The molecule has 4 aromatic heterocycles. The van der Waals surface area contributed by atoms with Crippen LogP contribution in [0.25, 0.3) is 45.0 Å². The summed E-state index contributed by atoms with van der Waals surface area (Å²) < 4.78 is 93.6. The van der Waals surface area contributed by atoms with E-state index in [0.29, 0.717) is 40.2 Å². The van der Waals surface area contributed by atoms with Gasteiger partial charge in [0.1, 0.15) is 11.4 Å². The highest BCUT2D eigenvalue weighted by Gasteiger charge is 2.30. The van der Waals surface area contributed by atoms with E-state index in [2.05, 4.69) is 94.1 Å². The minimum absolute atomic E-state index is 0.0317. The normalized spacial score (nSPS) is 13.0. The van der Waals surface area contributed by atoms with Crippen molar-refractivity contribution in [1.82, 2.24) is 60.0 Å². The molecule has 6 heterocycles. The Balaban J connectivity index is 0.000000649. The molecule has 16 nitrogen and oxygen atoms in total. The second-order valence-corrected chi connectivity index (χ2v) is 20.9. The summed E-state index contributed by atoms with van der Waals surface area (Å²) in [4.78, 5) is 29.4. The van der Waals surface area contributed by atoms with Crippen molar-refractivity contribution in [2.24, 2.45) is 0 Å². The van der Waals surface area contributed by atoms with Crippen molar-refractivity contribution in [3.05, 3.63) is 132 Å². The first-order valence-electron chi connectivity index (χ1n) is 39.2. The molecule has 0 saturated heterocycles. The van der Waals surface area contributed by atoms with Crippen LogP contribution >= 0.6 is 0 Å². The maximum Gasteiger partial charge on any atom is 0.227 e. The summed E-state index contributed by atoms with van der Waals surface area (Å²) in [6.45, 7) is 16.9. The summed E-state index contributed by atoms with van der Waals surface area (Å²) in [5.41, 5.74) is 13.5. The van der Waals surface area contributed by atoms with Crippen LogP contribution in [0, 0.1) is 0 Å². The largest absolute Gasteiger partial charge is 0.307 e. The number of carbonyl (C=O) groups is 2. The van der Waals surface area contributed by atoms with Crippen molar-refractivity contribution >= 4 is 23.2 Å². The summed E-state index contributed by atoms with van der Waals surface area (Å²) in [5, 5.41) is 33.9. The van der Waals surface area contributed by atoms with E-state index in [9.17, 15) is 9.59 Å². The van der Waals surface area contributed by atoms with E-state index < -0.39 is 0 Å². The molecule has 0 aliphatic carbocycles. The molecule has 10 rings (SSSR count). The molecule has 2 aliphatic rings. The highest BCUT2D eigenvalue weighted by atomic mass is 16.2. The number of carbonyl (C=O) groups excluding carboxylic acids is 2. The number of anilines is 2. The van der Waals surface area contributed by atoms with Gasteiger partial charge in [0, 0.05) is 89.2 Å². The molecule has 460 valence electrons. The van der Waals surface area contributed by atoms with Gasteiger partial charge in [0.2, 0.25) is 11.8 Å². The van der Waals surface area contributed by atoms with Gasteiger partial charge in [-0.15, -0.1) is 20.4 Å². The number of hydrogen-bond acceptors (Lipinski definition) is 10. The van der Waals surface area contributed by atoms with Crippen LogP contribution in [0.3, 0.4) is 0 Å².